The second kappa shape index (κ2) is 5.56. The van der Waals surface area contributed by atoms with Crippen LogP contribution < -0.4 is 4.72 Å². The zero-order valence-corrected chi connectivity index (χ0v) is 9.45. The van der Waals surface area contributed by atoms with Crippen LogP contribution >= 0.6 is 0 Å². The summed E-state index contributed by atoms with van der Waals surface area (Å²) < 4.78 is 29.4. The summed E-state index contributed by atoms with van der Waals surface area (Å²) in [7, 11) is -3.69. The molecular formula is C7H12N4O4S. The van der Waals surface area contributed by atoms with Crippen LogP contribution in [-0.2, 0) is 26.1 Å². The lowest BCUT2D eigenvalue weighted by Gasteiger charge is -2.04. The number of carbonyl (C=O) groups excluding carboxylic acids is 1. The van der Waals surface area contributed by atoms with Crippen LogP contribution in [0.15, 0.2) is 6.33 Å². The number of aromatic nitrogens is 3. The van der Waals surface area contributed by atoms with Crippen molar-refractivity contribution in [1.29, 1.82) is 0 Å². The molecule has 8 nitrogen and oxygen atoms in total. The van der Waals surface area contributed by atoms with Gasteiger partial charge in [-0.25, -0.2) is 18.1 Å². The number of esters is 1. The lowest BCUT2D eigenvalue weighted by Crippen LogP contribution is -2.31. The smallest absolute Gasteiger partial charge is 0.322 e. The summed E-state index contributed by atoms with van der Waals surface area (Å²) in [5, 5.41) is 6.03. The summed E-state index contributed by atoms with van der Waals surface area (Å²) in [5.74, 6) is -1.12. The molecule has 90 valence electrons. The largest absolute Gasteiger partial charge is 0.465 e. The maximum atomic E-state index is 11.3. The molecular weight excluding hydrogens is 236 g/mol. The van der Waals surface area contributed by atoms with Gasteiger partial charge in [0.05, 0.1) is 13.2 Å². The highest BCUT2D eigenvalue weighted by atomic mass is 32.2. The van der Waals surface area contributed by atoms with E-state index >= 15 is 0 Å². The number of sulfonamides is 1. The van der Waals surface area contributed by atoms with E-state index in [1.54, 1.807) is 6.92 Å². The lowest BCUT2D eigenvalue weighted by molar-refractivity contribution is -0.139. The van der Waals surface area contributed by atoms with Gasteiger partial charge in [-0.2, -0.15) is 5.10 Å². The van der Waals surface area contributed by atoms with Crippen LogP contribution in [-0.4, -0.2) is 41.9 Å². The highest BCUT2D eigenvalue weighted by molar-refractivity contribution is 7.90. The fourth-order valence-electron chi connectivity index (χ4n) is 0.903. The fraction of sp³-hybridized carbons (Fsp3) is 0.571. The Kier molecular flexibility index (Phi) is 4.38. The molecule has 1 aromatic rings. The van der Waals surface area contributed by atoms with E-state index in [2.05, 4.69) is 24.6 Å². The summed E-state index contributed by atoms with van der Waals surface area (Å²) in [5.41, 5.74) is 0. The van der Waals surface area contributed by atoms with Crippen molar-refractivity contribution in [2.45, 2.75) is 13.5 Å². The average Bonchev–Trinajstić information content (AvgIpc) is 2.66. The minimum absolute atomic E-state index is 0.0399. The molecule has 0 spiro atoms. The number of hydrogen-bond donors (Lipinski definition) is 2. The Morgan fingerprint density at radius 3 is 2.94 bits per heavy atom. The van der Waals surface area contributed by atoms with Crippen LogP contribution in [0, 0.1) is 0 Å². The Bertz CT molecular complexity index is 427. The summed E-state index contributed by atoms with van der Waals surface area (Å²) in [6, 6.07) is 0. The van der Waals surface area contributed by atoms with Gasteiger partial charge in [-0.05, 0) is 6.92 Å². The van der Waals surface area contributed by atoms with Crippen molar-refractivity contribution >= 4 is 16.0 Å². The first-order valence-corrected chi connectivity index (χ1v) is 6.16. The molecule has 0 fully saturated rings. The predicted octanol–water partition coefficient (Wildman–Crippen LogP) is -1.21. The Morgan fingerprint density at radius 2 is 2.38 bits per heavy atom. The van der Waals surface area contributed by atoms with Gasteiger partial charge in [0.2, 0.25) is 10.0 Å². The zero-order valence-electron chi connectivity index (χ0n) is 8.63. The molecule has 0 amide bonds. The van der Waals surface area contributed by atoms with Crippen LogP contribution in [0.3, 0.4) is 0 Å². The minimum Gasteiger partial charge on any atom is -0.465 e. The van der Waals surface area contributed by atoms with Crippen molar-refractivity contribution in [3.8, 4) is 0 Å². The molecule has 9 heteroatoms. The quantitative estimate of drug-likeness (QED) is 0.610. The Balaban J connectivity index is 2.43. The standard InChI is InChI=1S/C7H12N4O4S/c1-2-15-7(12)4-16(13,14)10-3-6-8-5-9-11-6/h5,10H,2-4H2,1H3,(H,8,9,11). The highest BCUT2D eigenvalue weighted by Crippen LogP contribution is 1.91. The summed E-state index contributed by atoms with van der Waals surface area (Å²) in [6.07, 6.45) is 1.26. The molecule has 0 aliphatic rings. The van der Waals surface area contributed by atoms with Gasteiger partial charge in [-0.1, -0.05) is 0 Å². The summed E-state index contributed by atoms with van der Waals surface area (Å²) in [4.78, 5) is 14.7. The van der Waals surface area contributed by atoms with Crippen LogP contribution in [0.4, 0.5) is 0 Å². The first kappa shape index (κ1) is 12.6. The highest BCUT2D eigenvalue weighted by Gasteiger charge is 2.17. The third-order valence-electron chi connectivity index (χ3n) is 1.54. The Hall–Kier alpha value is -1.48. The monoisotopic (exact) mass is 248 g/mol. The van der Waals surface area contributed by atoms with Gasteiger partial charge in [0.1, 0.15) is 12.2 Å². The molecule has 1 aromatic heterocycles. The van der Waals surface area contributed by atoms with Crippen molar-refractivity contribution in [2.24, 2.45) is 0 Å². The van der Waals surface area contributed by atoms with Crippen LogP contribution in [0.1, 0.15) is 12.7 Å². The van der Waals surface area contributed by atoms with E-state index in [1.807, 2.05) is 0 Å². The molecule has 0 unspecified atom stereocenters. The maximum Gasteiger partial charge on any atom is 0.322 e. The van der Waals surface area contributed by atoms with Crippen LogP contribution in [0.2, 0.25) is 0 Å². The minimum atomic E-state index is -3.69. The van der Waals surface area contributed by atoms with Gasteiger partial charge < -0.3 is 4.74 Å². The summed E-state index contributed by atoms with van der Waals surface area (Å²) in [6.45, 7) is 1.71. The van der Waals surface area contributed by atoms with Crippen LogP contribution in [0.5, 0.6) is 0 Å². The third kappa shape index (κ3) is 4.36. The van der Waals surface area contributed by atoms with E-state index in [4.69, 9.17) is 0 Å². The number of ether oxygens (including phenoxy) is 1. The topological polar surface area (TPSA) is 114 Å². The molecule has 0 aromatic carbocycles. The molecule has 0 saturated heterocycles. The Morgan fingerprint density at radius 1 is 1.62 bits per heavy atom. The molecule has 0 aliphatic carbocycles. The SMILES string of the molecule is CCOC(=O)CS(=O)(=O)NCc1ncn[nH]1. The number of nitrogens with one attached hydrogen (secondary N) is 2. The van der Waals surface area contributed by atoms with E-state index < -0.39 is 21.7 Å². The average molecular weight is 248 g/mol. The molecule has 0 atom stereocenters. The molecule has 0 bridgehead atoms. The first-order chi connectivity index (χ1) is 7.53. The van der Waals surface area contributed by atoms with Gasteiger partial charge >= 0.3 is 5.97 Å². The second-order valence-corrected chi connectivity index (χ2v) is 4.62. The molecule has 0 radical (unpaired) electrons. The van der Waals surface area contributed by atoms with Gasteiger partial charge in [-0.3, -0.25) is 9.89 Å². The maximum absolute atomic E-state index is 11.3. The van der Waals surface area contributed by atoms with Crippen LogP contribution in [0.25, 0.3) is 0 Å². The van der Waals surface area contributed by atoms with Gasteiger partial charge in [0.25, 0.3) is 0 Å². The lowest BCUT2D eigenvalue weighted by atomic mass is 10.6. The van der Waals surface area contributed by atoms with E-state index in [0.29, 0.717) is 5.82 Å². The van der Waals surface area contributed by atoms with E-state index in [-0.39, 0.29) is 13.2 Å². The van der Waals surface area contributed by atoms with Crippen molar-refractivity contribution in [3.05, 3.63) is 12.2 Å². The van der Waals surface area contributed by atoms with Crippen molar-refractivity contribution in [1.82, 2.24) is 19.9 Å². The van der Waals surface area contributed by atoms with Gasteiger partial charge in [0.15, 0.2) is 5.75 Å². The third-order valence-corrected chi connectivity index (χ3v) is 2.74. The van der Waals surface area contributed by atoms with Crippen molar-refractivity contribution in [2.75, 3.05) is 12.4 Å². The number of nitrogens with zero attached hydrogens (tertiary/aromatic N) is 2. The molecule has 1 rings (SSSR count). The summed E-state index contributed by atoms with van der Waals surface area (Å²) >= 11 is 0. The second-order valence-electron chi connectivity index (χ2n) is 2.82. The number of H-pyrrole nitrogens is 1. The molecule has 0 aliphatic heterocycles. The number of rotatable bonds is 6. The van der Waals surface area contributed by atoms with E-state index in [1.165, 1.54) is 6.33 Å². The van der Waals surface area contributed by atoms with E-state index in [9.17, 15) is 13.2 Å². The van der Waals surface area contributed by atoms with Gasteiger partial charge in [0, 0.05) is 0 Å². The van der Waals surface area contributed by atoms with Crippen molar-refractivity contribution in [3.63, 3.8) is 0 Å². The van der Waals surface area contributed by atoms with E-state index in [0.717, 1.165) is 0 Å². The molecule has 0 saturated carbocycles. The Labute approximate surface area is 92.5 Å². The number of carbonyl (C=O) groups is 1. The molecule has 2 N–H and O–H groups in total. The predicted molar refractivity (Wildman–Crippen MR) is 53.6 cm³/mol. The molecule has 16 heavy (non-hydrogen) atoms. The van der Waals surface area contributed by atoms with Gasteiger partial charge in [-0.15, -0.1) is 0 Å². The van der Waals surface area contributed by atoms with Crippen molar-refractivity contribution < 1.29 is 17.9 Å². The number of aromatic amines is 1. The zero-order chi connectivity index (χ0) is 12.0. The fourth-order valence-corrected chi connectivity index (χ4v) is 1.76. The normalized spacial score (nSPS) is 11.3. The molecule has 1 heterocycles. The number of hydrogen-bond acceptors (Lipinski definition) is 6. The first-order valence-electron chi connectivity index (χ1n) is 4.50.